The van der Waals surface area contributed by atoms with Gasteiger partial charge in [0.25, 0.3) is 0 Å². The Hall–Kier alpha value is -1.88. The lowest BCUT2D eigenvalue weighted by Crippen LogP contribution is -2.13. The molecule has 0 atom stereocenters. The highest BCUT2D eigenvalue weighted by Crippen LogP contribution is 2.10. The van der Waals surface area contributed by atoms with Crippen LogP contribution in [0.4, 0.5) is 5.69 Å². The number of benzene rings is 1. The molecule has 0 saturated carbocycles. The second-order valence-electron chi connectivity index (χ2n) is 3.68. The summed E-state index contributed by atoms with van der Waals surface area (Å²) in [4.78, 5) is 21.6. The number of carboxylic acid groups (broad SMARTS) is 1. The second kappa shape index (κ2) is 6.65. The average molecular weight is 236 g/mol. The summed E-state index contributed by atoms with van der Waals surface area (Å²) in [6, 6.07) is 7.34. The van der Waals surface area contributed by atoms with E-state index in [1.54, 1.807) is 12.1 Å². The first-order valence-electron chi connectivity index (χ1n) is 5.42. The topological polar surface area (TPSA) is 92.4 Å². The lowest BCUT2D eigenvalue weighted by Gasteiger charge is -2.05. The number of amides is 1. The number of nitrogens with two attached hydrogens (primary N) is 1. The van der Waals surface area contributed by atoms with Gasteiger partial charge in [0, 0.05) is 12.1 Å². The van der Waals surface area contributed by atoms with E-state index in [-0.39, 0.29) is 18.7 Å². The van der Waals surface area contributed by atoms with Crippen molar-refractivity contribution in [2.45, 2.75) is 19.3 Å². The highest BCUT2D eigenvalue weighted by Gasteiger charge is 2.05. The number of carboxylic acids is 1. The van der Waals surface area contributed by atoms with E-state index in [0.29, 0.717) is 12.2 Å². The molecule has 92 valence electrons. The predicted molar refractivity (Wildman–Crippen MR) is 64.7 cm³/mol. The Morgan fingerprint density at radius 1 is 1.18 bits per heavy atom. The van der Waals surface area contributed by atoms with E-state index in [1.807, 2.05) is 12.1 Å². The molecule has 0 fully saturated rings. The minimum Gasteiger partial charge on any atom is -0.481 e. The van der Waals surface area contributed by atoms with E-state index in [1.165, 1.54) is 0 Å². The molecule has 0 unspecified atom stereocenters. The molecule has 1 aromatic rings. The molecular formula is C12H16N2O3. The molecule has 4 N–H and O–H groups in total. The van der Waals surface area contributed by atoms with Crippen molar-refractivity contribution in [3.63, 3.8) is 0 Å². The minimum absolute atomic E-state index is 0.0140. The number of hydrogen-bond donors (Lipinski definition) is 3. The van der Waals surface area contributed by atoms with E-state index >= 15 is 0 Å². The van der Waals surface area contributed by atoms with Gasteiger partial charge in [0.1, 0.15) is 0 Å². The van der Waals surface area contributed by atoms with Crippen LogP contribution in [0.1, 0.15) is 18.4 Å². The first-order chi connectivity index (χ1) is 8.11. The Balaban J connectivity index is 2.45. The molecule has 0 spiro atoms. The lowest BCUT2D eigenvalue weighted by molar-refractivity contribution is -0.138. The quantitative estimate of drug-likeness (QED) is 0.686. The molecule has 5 nitrogen and oxygen atoms in total. The molecule has 1 rings (SSSR count). The van der Waals surface area contributed by atoms with Gasteiger partial charge < -0.3 is 16.2 Å². The molecule has 0 aromatic heterocycles. The van der Waals surface area contributed by atoms with Gasteiger partial charge in [0.2, 0.25) is 5.91 Å². The number of aliphatic carboxylic acids is 1. The van der Waals surface area contributed by atoms with Crippen molar-refractivity contribution in [3.8, 4) is 0 Å². The Morgan fingerprint density at radius 2 is 1.82 bits per heavy atom. The van der Waals surface area contributed by atoms with Crippen molar-refractivity contribution >= 4 is 17.6 Å². The molecule has 17 heavy (non-hydrogen) atoms. The standard InChI is InChI=1S/C12H16N2O3/c13-8-7-9-1-3-10(4-2-9)14-11(15)5-6-12(16)17/h1-4H,5-8,13H2,(H,14,15)(H,16,17). The molecule has 0 aliphatic carbocycles. The van der Waals surface area contributed by atoms with Crippen molar-refractivity contribution < 1.29 is 14.7 Å². The zero-order valence-electron chi connectivity index (χ0n) is 9.48. The average Bonchev–Trinajstić information content (AvgIpc) is 2.29. The second-order valence-corrected chi connectivity index (χ2v) is 3.68. The van der Waals surface area contributed by atoms with E-state index in [2.05, 4.69) is 5.32 Å². The zero-order chi connectivity index (χ0) is 12.7. The maximum atomic E-state index is 11.3. The Labute approximate surface area is 99.6 Å². The number of nitrogens with one attached hydrogen (secondary N) is 1. The van der Waals surface area contributed by atoms with E-state index < -0.39 is 5.97 Å². The van der Waals surface area contributed by atoms with Gasteiger partial charge in [-0.1, -0.05) is 12.1 Å². The molecule has 0 aliphatic rings. The van der Waals surface area contributed by atoms with Crippen molar-refractivity contribution in [2.24, 2.45) is 5.73 Å². The van der Waals surface area contributed by atoms with Crippen LogP contribution in [0.25, 0.3) is 0 Å². The van der Waals surface area contributed by atoms with Crippen LogP contribution >= 0.6 is 0 Å². The van der Waals surface area contributed by atoms with Gasteiger partial charge in [-0.05, 0) is 30.7 Å². The fourth-order valence-corrected chi connectivity index (χ4v) is 1.37. The third kappa shape index (κ3) is 5.12. The SMILES string of the molecule is NCCc1ccc(NC(=O)CCC(=O)O)cc1. The van der Waals surface area contributed by atoms with Crippen LogP contribution in [0.3, 0.4) is 0 Å². The summed E-state index contributed by atoms with van der Waals surface area (Å²) in [5.74, 6) is -1.27. The molecule has 0 aliphatic heterocycles. The molecule has 0 saturated heterocycles. The van der Waals surface area contributed by atoms with Crippen LogP contribution in [0.5, 0.6) is 0 Å². The number of rotatable bonds is 6. The smallest absolute Gasteiger partial charge is 0.303 e. The van der Waals surface area contributed by atoms with Crippen molar-refractivity contribution in [1.29, 1.82) is 0 Å². The minimum atomic E-state index is -0.974. The maximum absolute atomic E-state index is 11.3. The highest BCUT2D eigenvalue weighted by molar-refractivity contribution is 5.92. The molecular weight excluding hydrogens is 220 g/mol. The van der Waals surface area contributed by atoms with Gasteiger partial charge in [-0.25, -0.2) is 0 Å². The first-order valence-corrected chi connectivity index (χ1v) is 5.42. The molecule has 1 amide bonds. The largest absolute Gasteiger partial charge is 0.481 e. The van der Waals surface area contributed by atoms with Crippen LogP contribution in [0.2, 0.25) is 0 Å². The highest BCUT2D eigenvalue weighted by atomic mass is 16.4. The van der Waals surface area contributed by atoms with Crippen molar-refractivity contribution in [1.82, 2.24) is 0 Å². The third-order valence-corrected chi connectivity index (χ3v) is 2.24. The molecule has 0 bridgehead atoms. The number of carbonyl (C=O) groups is 2. The zero-order valence-corrected chi connectivity index (χ0v) is 9.48. The summed E-state index contributed by atoms with van der Waals surface area (Å²) in [5.41, 5.74) is 7.20. The molecule has 1 aromatic carbocycles. The summed E-state index contributed by atoms with van der Waals surface area (Å²) in [7, 11) is 0. The Bertz CT molecular complexity index is 387. The van der Waals surface area contributed by atoms with Crippen LogP contribution in [-0.4, -0.2) is 23.5 Å². The van der Waals surface area contributed by atoms with Crippen molar-refractivity contribution in [3.05, 3.63) is 29.8 Å². The van der Waals surface area contributed by atoms with Gasteiger partial charge in [0.15, 0.2) is 0 Å². The van der Waals surface area contributed by atoms with Gasteiger partial charge in [0.05, 0.1) is 6.42 Å². The van der Waals surface area contributed by atoms with E-state index in [4.69, 9.17) is 10.8 Å². The monoisotopic (exact) mass is 236 g/mol. The lowest BCUT2D eigenvalue weighted by atomic mass is 10.1. The molecule has 0 radical (unpaired) electrons. The predicted octanol–water partition coefficient (Wildman–Crippen LogP) is 0.991. The van der Waals surface area contributed by atoms with Gasteiger partial charge in [-0.2, -0.15) is 0 Å². The third-order valence-electron chi connectivity index (χ3n) is 2.24. The molecule has 5 heteroatoms. The Kier molecular flexibility index (Phi) is 5.16. The Morgan fingerprint density at radius 3 is 2.35 bits per heavy atom. The summed E-state index contributed by atoms with van der Waals surface area (Å²) in [6.07, 6.45) is 0.629. The van der Waals surface area contributed by atoms with E-state index in [9.17, 15) is 9.59 Å². The summed E-state index contributed by atoms with van der Waals surface area (Å²) < 4.78 is 0. The van der Waals surface area contributed by atoms with Gasteiger partial charge in [-0.15, -0.1) is 0 Å². The number of anilines is 1. The molecule has 0 heterocycles. The summed E-state index contributed by atoms with van der Waals surface area (Å²) >= 11 is 0. The summed E-state index contributed by atoms with van der Waals surface area (Å²) in [6.45, 7) is 0.588. The van der Waals surface area contributed by atoms with Crippen LogP contribution in [0, 0.1) is 0 Å². The first kappa shape index (κ1) is 13.2. The number of carbonyl (C=O) groups excluding carboxylic acids is 1. The van der Waals surface area contributed by atoms with Crippen LogP contribution < -0.4 is 11.1 Å². The fourth-order valence-electron chi connectivity index (χ4n) is 1.37. The fraction of sp³-hybridized carbons (Fsp3) is 0.333. The number of hydrogen-bond acceptors (Lipinski definition) is 3. The van der Waals surface area contributed by atoms with Crippen LogP contribution in [0.15, 0.2) is 24.3 Å². The van der Waals surface area contributed by atoms with Gasteiger partial charge in [-0.3, -0.25) is 9.59 Å². The summed E-state index contributed by atoms with van der Waals surface area (Å²) in [5, 5.41) is 11.1. The maximum Gasteiger partial charge on any atom is 0.303 e. The van der Waals surface area contributed by atoms with Crippen LogP contribution in [-0.2, 0) is 16.0 Å². The van der Waals surface area contributed by atoms with E-state index in [0.717, 1.165) is 12.0 Å². The van der Waals surface area contributed by atoms with Gasteiger partial charge >= 0.3 is 5.97 Å². The van der Waals surface area contributed by atoms with Crippen molar-refractivity contribution in [2.75, 3.05) is 11.9 Å². The normalized spacial score (nSPS) is 9.94.